The number of carbonyl (C=O) groups excluding carboxylic acids is 2. The van der Waals surface area contributed by atoms with Gasteiger partial charge < -0.3 is 21.5 Å². The molecule has 0 aliphatic carbocycles. The van der Waals surface area contributed by atoms with Crippen LogP contribution in [0, 0.1) is 5.41 Å². The number of amidine groups is 1. The molecule has 168 valence electrons. The van der Waals surface area contributed by atoms with Crippen LogP contribution < -0.4 is 16.4 Å². The Labute approximate surface area is 191 Å². The second-order valence-electron chi connectivity index (χ2n) is 7.68. The number of amides is 2. The molecular weight excluding hydrogens is 420 g/mol. The van der Waals surface area contributed by atoms with Gasteiger partial charge in [-0.3, -0.25) is 15.0 Å². The van der Waals surface area contributed by atoms with Crippen LogP contribution in [0.2, 0.25) is 0 Å². The average Bonchev–Trinajstić information content (AvgIpc) is 2.78. The summed E-state index contributed by atoms with van der Waals surface area (Å²) in [6.07, 6.45) is 0. The molecule has 3 rings (SSSR count). The van der Waals surface area contributed by atoms with E-state index >= 15 is 0 Å². The van der Waals surface area contributed by atoms with Crippen molar-refractivity contribution in [2.75, 3.05) is 5.32 Å². The van der Waals surface area contributed by atoms with Crippen LogP contribution in [0.25, 0.3) is 11.1 Å². The van der Waals surface area contributed by atoms with Crippen LogP contribution >= 0.6 is 0 Å². The van der Waals surface area contributed by atoms with Crippen LogP contribution in [0.4, 0.5) is 5.69 Å². The minimum Gasteiger partial charge on any atom is -0.478 e. The summed E-state index contributed by atoms with van der Waals surface area (Å²) >= 11 is 0. The molecule has 0 aliphatic rings. The summed E-state index contributed by atoms with van der Waals surface area (Å²) in [7, 11) is 0. The second kappa shape index (κ2) is 9.78. The zero-order valence-electron chi connectivity index (χ0n) is 18.2. The summed E-state index contributed by atoms with van der Waals surface area (Å²) in [4.78, 5) is 37.3. The zero-order chi connectivity index (χ0) is 24.1. The Morgan fingerprint density at radius 1 is 0.848 bits per heavy atom. The van der Waals surface area contributed by atoms with Gasteiger partial charge in [0.1, 0.15) is 5.84 Å². The monoisotopic (exact) mass is 444 g/mol. The van der Waals surface area contributed by atoms with Crippen molar-refractivity contribution < 1.29 is 19.5 Å². The molecule has 0 heterocycles. The normalized spacial score (nSPS) is 10.5. The van der Waals surface area contributed by atoms with Crippen molar-refractivity contribution in [3.8, 4) is 11.1 Å². The topological polar surface area (TPSA) is 145 Å². The number of carboxylic acid groups (broad SMARTS) is 1. The molecular formula is C25H24N4O4. The lowest BCUT2D eigenvalue weighted by atomic mass is 9.93. The van der Waals surface area contributed by atoms with Crippen LogP contribution in [0.15, 0.2) is 66.7 Å². The quantitative estimate of drug-likeness (QED) is 0.278. The summed E-state index contributed by atoms with van der Waals surface area (Å²) in [5.74, 6) is -2.09. The van der Waals surface area contributed by atoms with Crippen molar-refractivity contribution in [1.29, 1.82) is 5.41 Å². The predicted octanol–water partition coefficient (Wildman–Crippen LogP) is 3.73. The number of nitrogens with one attached hydrogen (secondary N) is 3. The first-order valence-corrected chi connectivity index (χ1v) is 10.2. The van der Waals surface area contributed by atoms with Crippen LogP contribution in [-0.4, -0.2) is 34.8 Å². The Hall–Kier alpha value is -4.46. The predicted molar refractivity (Wildman–Crippen MR) is 127 cm³/mol. The molecule has 0 fully saturated rings. The molecule has 0 unspecified atom stereocenters. The van der Waals surface area contributed by atoms with Crippen LogP contribution in [0.1, 0.15) is 50.5 Å². The van der Waals surface area contributed by atoms with Gasteiger partial charge in [0.2, 0.25) is 0 Å². The Bertz CT molecular complexity index is 1230. The van der Waals surface area contributed by atoms with Crippen molar-refractivity contribution in [1.82, 2.24) is 5.32 Å². The highest BCUT2D eigenvalue weighted by molar-refractivity contribution is 6.11. The minimum absolute atomic E-state index is 0.0788. The molecule has 0 radical (unpaired) electrons. The molecule has 8 nitrogen and oxygen atoms in total. The van der Waals surface area contributed by atoms with Crippen molar-refractivity contribution in [3.63, 3.8) is 0 Å². The first kappa shape index (κ1) is 23.2. The number of hydrogen-bond donors (Lipinski definition) is 5. The van der Waals surface area contributed by atoms with E-state index in [9.17, 15) is 19.5 Å². The smallest absolute Gasteiger partial charge is 0.336 e. The molecule has 0 aliphatic heterocycles. The van der Waals surface area contributed by atoms with E-state index in [0.29, 0.717) is 22.4 Å². The molecule has 0 aromatic heterocycles. The highest BCUT2D eigenvalue weighted by atomic mass is 16.4. The highest BCUT2D eigenvalue weighted by Gasteiger charge is 2.20. The van der Waals surface area contributed by atoms with Gasteiger partial charge in [-0.2, -0.15) is 0 Å². The van der Waals surface area contributed by atoms with E-state index in [2.05, 4.69) is 10.6 Å². The molecule has 3 aromatic rings. The number of rotatable bonds is 7. The maximum absolute atomic E-state index is 13.0. The standard InChI is InChI=1S/C25H24N4O4/c1-14(2)28-23(30)16-9-12-19(21(13-16)25(32)33)18-5-3-4-6-20(18)24(31)29-17-10-7-15(8-11-17)22(26)27/h3-14H,1-2H3,(H3,26,27)(H,28,30)(H,29,31)(H,32,33). The maximum Gasteiger partial charge on any atom is 0.336 e. The fourth-order valence-electron chi connectivity index (χ4n) is 3.29. The summed E-state index contributed by atoms with van der Waals surface area (Å²) in [6, 6.07) is 17.4. The first-order valence-electron chi connectivity index (χ1n) is 10.2. The van der Waals surface area contributed by atoms with Gasteiger partial charge in [0.25, 0.3) is 11.8 Å². The third kappa shape index (κ3) is 5.43. The number of anilines is 1. The van der Waals surface area contributed by atoms with Crippen LogP contribution in [0.5, 0.6) is 0 Å². The van der Waals surface area contributed by atoms with Gasteiger partial charge in [-0.15, -0.1) is 0 Å². The number of carboxylic acids is 1. The lowest BCUT2D eigenvalue weighted by molar-refractivity contribution is 0.0697. The van der Waals surface area contributed by atoms with Gasteiger partial charge in [0.05, 0.1) is 5.56 Å². The van der Waals surface area contributed by atoms with Crippen molar-refractivity contribution in [3.05, 3.63) is 89.0 Å². The minimum atomic E-state index is -1.21. The van der Waals surface area contributed by atoms with Gasteiger partial charge in [0, 0.05) is 28.4 Å². The van der Waals surface area contributed by atoms with Crippen LogP contribution in [0.3, 0.4) is 0 Å². The van der Waals surface area contributed by atoms with E-state index < -0.39 is 11.9 Å². The van der Waals surface area contributed by atoms with E-state index in [4.69, 9.17) is 11.1 Å². The molecule has 0 saturated heterocycles. The second-order valence-corrected chi connectivity index (χ2v) is 7.68. The SMILES string of the molecule is CC(C)NC(=O)c1ccc(-c2ccccc2C(=O)Nc2ccc(C(=N)N)cc2)c(C(=O)O)c1. The fourth-order valence-corrected chi connectivity index (χ4v) is 3.29. The first-order chi connectivity index (χ1) is 15.7. The van der Waals surface area contributed by atoms with E-state index in [1.807, 2.05) is 13.8 Å². The number of hydrogen-bond acceptors (Lipinski definition) is 4. The van der Waals surface area contributed by atoms with Gasteiger partial charge in [-0.1, -0.05) is 24.3 Å². The molecule has 0 spiro atoms. The Kier molecular flexibility index (Phi) is 6.88. The Morgan fingerprint density at radius 3 is 2.06 bits per heavy atom. The average molecular weight is 444 g/mol. The van der Waals surface area contributed by atoms with Gasteiger partial charge in [-0.25, -0.2) is 4.79 Å². The molecule has 0 bridgehead atoms. The van der Waals surface area contributed by atoms with E-state index in [-0.39, 0.29) is 34.5 Å². The third-order valence-electron chi connectivity index (χ3n) is 4.85. The lowest BCUT2D eigenvalue weighted by Gasteiger charge is -2.14. The molecule has 0 atom stereocenters. The van der Waals surface area contributed by atoms with E-state index in [1.165, 1.54) is 18.2 Å². The molecule has 3 aromatic carbocycles. The Morgan fingerprint density at radius 2 is 1.45 bits per heavy atom. The number of nitrogen functional groups attached to an aromatic ring is 1. The van der Waals surface area contributed by atoms with Crippen molar-refractivity contribution in [2.45, 2.75) is 19.9 Å². The van der Waals surface area contributed by atoms with E-state index in [0.717, 1.165) is 0 Å². The maximum atomic E-state index is 13.0. The van der Waals surface area contributed by atoms with Crippen LogP contribution in [-0.2, 0) is 0 Å². The summed E-state index contributed by atoms with van der Waals surface area (Å²) in [5, 5.41) is 22.8. The van der Waals surface area contributed by atoms with Gasteiger partial charge >= 0.3 is 5.97 Å². The Balaban J connectivity index is 1.98. The number of benzene rings is 3. The highest BCUT2D eigenvalue weighted by Crippen LogP contribution is 2.29. The summed E-state index contributed by atoms with van der Waals surface area (Å²) < 4.78 is 0. The number of carbonyl (C=O) groups is 3. The number of nitrogens with two attached hydrogens (primary N) is 1. The van der Waals surface area contributed by atoms with Gasteiger partial charge in [0.15, 0.2) is 0 Å². The van der Waals surface area contributed by atoms with Crippen molar-refractivity contribution >= 4 is 29.3 Å². The van der Waals surface area contributed by atoms with E-state index in [1.54, 1.807) is 48.5 Å². The molecule has 8 heteroatoms. The molecule has 2 amide bonds. The largest absolute Gasteiger partial charge is 0.478 e. The summed E-state index contributed by atoms with van der Waals surface area (Å²) in [5.41, 5.74) is 7.63. The lowest BCUT2D eigenvalue weighted by Crippen LogP contribution is -2.30. The molecule has 33 heavy (non-hydrogen) atoms. The van der Waals surface area contributed by atoms with Gasteiger partial charge in [-0.05, 0) is 67.4 Å². The fraction of sp³-hybridized carbons (Fsp3) is 0.120. The van der Waals surface area contributed by atoms with Crippen molar-refractivity contribution in [2.24, 2.45) is 5.73 Å². The number of aromatic carboxylic acids is 1. The third-order valence-corrected chi connectivity index (χ3v) is 4.85. The zero-order valence-corrected chi connectivity index (χ0v) is 18.2. The summed E-state index contributed by atoms with van der Waals surface area (Å²) in [6.45, 7) is 3.62. The molecule has 0 saturated carbocycles. The molecule has 6 N–H and O–H groups in total.